The molecule has 1 heterocycles. The van der Waals surface area contributed by atoms with E-state index in [0.29, 0.717) is 5.57 Å². The van der Waals surface area contributed by atoms with Gasteiger partial charge < -0.3 is 5.11 Å². The number of fused-ring (bicyclic) bond motifs is 2. The molecule has 0 fully saturated rings. The third-order valence-corrected chi connectivity index (χ3v) is 3.46. The number of nitrogens with zero attached hydrogens (tertiary/aromatic N) is 1. The van der Waals surface area contributed by atoms with Crippen molar-refractivity contribution < 1.29 is 9.90 Å². The first-order valence-electron chi connectivity index (χ1n) is 5.87. The van der Waals surface area contributed by atoms with Crippen LogP contribution in [0.15, 0.2) is 35.6 Å². The van der Waals surface area contributed by atoms with Crippen LogP contribution in [-0.2, 0) is 11.2 Å². The van der Waals surface area contributed by atoms with Crippen LogP contribution in [-0.4, -0.2) is 16.1 Å². The number of rotatable bonds is 1. The molecular weight excluding hydrogens is 214 g/mol. The number of hydrogen-bond donors (Lipinski definition) is 1. The van der Waals surface area contributed by atoms with E-state index in [2.05, 4.69) is 11.1 Å². The summed E-state index contributed by atoms with van der Waals surface area (Å²) in [4.78, 5) is 15.6. The van der Waals surface area contributed by atoms with Crippen LogP contribution in [0.2, 0.25) is 0 Å². The zero-order valence-corrected chi connectivity index (χ0v) is 9.44. The summed E-state index contributed by atoms with van der Waals surface area (Å²) in [6.45, 7) is 0. The highest BCUT2D eigenvalue weighted by Crippen LogP contribution is 2.39. The highest BCUT2D eigenvalue weighted by Gasteiger charge is 2.27. The molecular formula is C14H13NO2. The molecule has 86 valence electrons. The third kappa shape index (κ3) is 1.58. The van der Waals surface area contributed by atoms with Gasteiger partial charge in [-0.2, -0.15) is 0 Å². The number of carboxylic acids is 1. The van der Waals surface area contributed by atoms with Crippen molar-refractivity contribution in [3.63, 3.8) is 0 Å². The quantitative estimate of drug-likeness (QED) is 0.802. The summed E-state index contributed by atoms with van der Waals surface area (Å²) in [6.07, 6.45) is 7.39. The van der Waals surface area contributed by atoms with Gasteiger partial charge in [-0.05, 0) is 37.3 Å². The van der Waals surface area contributed by atoms with Crippen LogP contribution in [0.3, 0.4) is 0 Å². The second-order valence-corrected chi connectivity index (χ2v) is 4.47. The number of aromatic nitrogens is 1. The highest BCUT2D eigenvalue weighted by atomic mass is 16.4. The standard InChI is InChI=1S/C14H13NO2/c16-14(17)11-7-6-9-3-1-4-10-5-2-8-15-13(10)12(9)11/h2,5,7-8H,1,3-4,6H2,(H,16,17). The molecule has 0 spiro atoms. The molecule has 0 aliphatic heterocycles. The topological polar surface area (TPSA) is 50.2 Å². The van der Waals surface area contributed by atoms with Crippen molar-refractivity contribution in [3.8, 4) is 0 Å². The van der Waals surface area contributed by atoms with Gasteiger partial charge in [-0.15, -0.1) is 0 Å². The van der Waals surface area contributed by atoms with Crippen LogP contribution in [0.1, 0.15) is 30.5 Å². The molecule has 0 saturated heterocycles. The first-order valence-corrected chi connectivity index (χ1v) is 5.87. The van der Waals surface area contributed by atoms with Gasteiger partial charge in [0.2, 0.25) is 0 Å². The molecule has 0 amide bonds. The molecule has 1 aromatic rings. The smallest absolute Gasteiger partial charge is 0.336 e. The third-order valence-electron chi connectivity index (χ3n) is 3.46. The average Bonchev–Trinajstić information content (AvgIpc) is 2.66. The van der Waals surface area contributed by atoms with Gasteiger partial charge >= 0.3 is 5.97 Å². The number of aliphatic carboxylic acids is 1. The normalized spacial score (nSPS) is 18.2. The predicted molar refractivity (Wildman–Crippen MR) is 64.4 cm³/mol. The Morgan fingerprint density at radius 1 is 1.35 bits per heavy atom. The van der Waals surface area contributed by atoms with Gasteiger partial charge in [0.05, 0.1) is 11.3 Å². The Kier molecular flexibility index (Phi) is 2.32. The largest absolute Gasteiger partial charge is 0.478 e. The van der Waals surface area contributed by atoms with Crippen molar-refractivity contribution in [3.05, 3.63) is 46.8 Å². The molecule has 0 atom stereocenters. The summed E-state index contributed by atoms with van der Waals surface area (Å²) >= 11 is 0. The number of hydrogen-bond acceptors (Lipinski definition) is 2. The lowest BCUT2D eigenvalue weighted by Gasteiger charge is -2.09. The maximum absolute atomic E-state index is 11.2. The molecule has 0 unspecified atom stereocenters. The van der Waals surface area contributed by atoms with Gasteiger partial charge in [-0.3, -0.25) is 4.98 Å². The monoisotopic (exact) mass is 227 g/mol. The van der Waals surface area contributed by atoms with E-state index in [4.69, 9.17) is 0 Å². The Labute approximate surface area is 99.5 Å². The fraction of sp³-hybridized carbons (Fsp3) is 0.286. The van der Waals surface area contributed by atoms with Crippen molar-refractivity contribution in [1.82, 2.24) is 4.98 Å². The highest BCUT2D eigenvalue weighted by molar-refractivity contribution is 6.07. The molecule has 2 aliphatic rings. The number of allylic oxidation sites excluding steroid dienone is 2. The number of carboxylic acid groups (broad SMARTS) is 1. The molecule has 0 saturated carbocycles. The Hall–Kier alpha value is -1.90. The molecule has 0 aromatic carbocycles. The zero-order valence-electron chi connectivity index (χ0n) is 9.44. The van der Waals surface area contributed by atoms with E-state index in [-0.39, 0.29) is 0 Å². The minimum absolute atomic E-state index is 0.432. The molecule has 3 heteroatoms. The lowest BCUT2D eigenvalue weighted by Crippen LogP contribution is -2.04. The molecule has 3 rings (SSSR count). The lowest BCUT2D eigenvalue weighted by molar-refractivity contribution is -0.132. The van der Waals surface area contributed by atoms with Crippen LogP contribution in [0, 0.1) is 0 Å². The minimum atomic E-state index is -0.839. The zero-order chi connectivity index (χ0) is 11.8. The Morgan fingerprint density at radius 2 is 2.24 bits per heavy atom. The van der Waals surface area contributed by atoms with Gasteiger partial charge in [0.1, 0.15) is 0 Å². The van der Waals surface area contributed by atoms with Crippen LogP contribution in [0.4, 0.5) is 0 Å². The van der Waals surface area contributed by atoms with Crippen molar-refractivity contribution >= 4 is 11.5 Å². The van der Waals surface area contributed by atoms with E-state index >= 15 is 0 Å². The summed E-state index contributed by atoms with van der Waals surface area (Å²) in [5.74, 6) is -0.839. The number of carbonyl (C=O) groups is 1. The Balaban J connectivity index is 2.19. The maximum Gasteiger partial charge on any atom is 0.336 e. The summed E-state index contributed by atoms with van der Waals surface area (Å²) in [5.41, 5.74) is 4.60. The van der Waals surface area contributed by atoms with Crippen molar-refractivity contribution in [1.29, 1.82) is 0 Å². The Morgan fingerprint density at radius 3 is 3.06 bits per heavy atom. The number of aryl methyl sites for hydroxylation is 1. The first kappa shape index (κ1) is 10.3. The second kappa shape index (κ2) is 3.84. The van der Waals surface area contributed by atoms with Gasteiger partial charge in [-0.1, -0.05) is 17.7 Å². The van der Waals surface area contributed by atoms with Crippen LogP contribution < -0.4 is 0 Å². The molecule has 0 radical (unpaired) electrons. The van der Waals surface area contributed by atoms with Gasteiger partial charge in [-0.25, -0.2) is 4.79 Å². The van der Waals surface area contributed by atoms with Gasteiger partial charge in [0, 0.05) is 11.8 Å². The van der Waals surface area contributed by atoms with E-state index in [1.165, 1.54) is 11.1 Å². The lowest BCUT2D eigenvalue weighted by atomic mass is 9.99. The SMILES string of the molecule is O=C(O)C1=CCC2=C1c1ncccc1CCC2. The van der Waals surface area contributed by atoms with E-state index in [9.17, 15) is 9.90 Å². The van der Waals surface area contributed by atoms with Gasteiger partial charge in [0.15, 0.2) is 0 Å². The Bertz CT molecular complexity index is 555. The van der Waals surface area contributed by atoms with E-state index in [1.807, 2.05) is 12.1 Å². The summed E-state index contributed by atoms with van der Waals surface area (Å²) in [5, 5.41) is 9.24. The van der Waals surface area contributed by atoms with E-state index in [1.54, 1.807) is 6.20 Å². The van der Waals surface area contributed by atoms with Crippen LogP contribution in [0.25, 0.3) is 5.57 Å². The average molecular weight is 227 g/mol. The summed E-state index contributed by atoms with van der Waals surface area (Å²) < 4.78 is 0. The fourth-order valence-corrected chi connectivity index (χ4v) is 2.69. The molecule has 2 aliphatic carbocycles. The van der Waals surface area contributed by atoms with E-state index in [0.717, 1.165) is 37.0 Å². The minimum Gasteiger partial charge on any atom is -0.478 e. The summed E-state index contributed by atoms with van der Waals surface area (Å²) in [6, 6.07) is 3.97. The molecule has 0 bridgehead atoms. The second-order valence-electron chi connectivity index (χ2n) is 4.47. The molecule has 1 N–H and O–H groups in total. The fourth-order valence-electron chi connectivity index (χ4n) is 2.69. The van der Waals surface area contributed by atoms with Crippen molar-refractivity contribution in [2.45, 2.75) is 25.7 Å². The van der Waals surface area contributed by atoms with Gasteiger partial charge in [0.25, 0.3) is 0 Å². The molecule has 1 aromatic heterocycles. The predicted octanol–water partition coefficient (Wildman–Crippen LogP) is 2.59. The molecule has 17 heavy (non-hydrogen) atoms. The summed E-state index contributed by atoms with van der Waals surface area (Å²) in [7, 11) is 0. The maximum atomic E-state index is 11.2. The van der Waals surface area contributed by atoms with Crippen molar-refractivity contribution in [2.75, 3.05) is 0 Å². The first-order chi connectivity index (χ1) is 8.27. The molecule has 3 nitrogen and oxygen atoms in total. The van der Waals surface area contributed by atoms with Crippen molar-refractivity contribution in [2.24, 2.45) is 0 Å². The van der Waals surface area contributed by atoms with E-state index < -0.39 is 5.97 Å². The van der Waals surface area contributed by atoms with Crippen LogP contribution >= 0.6 is 0 Å². The number of pyridine rings is 1. The van der Waals surface area contributed by atoms with Crippen LogP contribution in [0.5, 0.6) is 0 Å².